The lowest BCUT2D eigenvalue weighted by molar-refractivity contribution is 0.0943. The van der Waals surface area contributed by atoms with Crippen molar-refractivity contribution >= 4 is 23.2 Å². The van der Waals surface area contributed by atoms with Gasteiger partial charge in [0.15, 0.2) is 16.7 Å². The highest BCUT2D eigenvalue weighted by Gasteiger charge is 2.09. The molecule has 0 atom stereocenters. The molecule has 0 heterocycles. The van der Waals surface area contributed by atoms with Crippen molar-refractivity contribution in [2.45, 2.75) is 0 Å². The summed E-state index contributed by atoms with van der Waals surface area (Å²) in [4.78, 5) is 11.4. The Labute approximate surface area is 96.7 Å². The topological polar surface area (TPSA) is 76.4 Å². The lowest BCUT2D eigenvalue weighted by atomic mass is 10.2. The molecule has 0 aliphatic rings. The van der Waals surface area contributed by atoms with Crippen molar-refractivity contribution < 1.29 is 13.9 Å². The van der Waals surface area contributed by atoms with E-state index in [2.05, 4.69) is 23.1 Å². The average molecular weight is 243 g/mol. The van der Waals surface area contributed by atoms with Crippen LogP contribution in [0.1, 0.15) is 10.4 Å². The van der Waals surface area contributed by atoms with Gasteiger partial charge in [-0.05, 0) is 30.4 Å². The number of hydrogen-bond acceptors (Lipinski definition) is 3. The Balaban J connectivity index is 2.77. The summed E-state index contributed by atoms with van der Waals surface area (Å²) >= 11 is 4.49. The molecule has 0 bridgehead atoms. The van der Waals surface area contributed by atoms with Crippen molar-refractivity contribution in [1.82, 2.24) is 10.9 Å². The minimum Gasteiger partial charge on any atom is -0.494 e. The molecule has 16 heavy (non-hydrogen) atoms. The maximum Gasteiger partial charge on any atom is 0.269 e. The molecular weight excluding hydrogens is 233 g/mol. The number of thiocarbonyl (C=S) groups is 1. The molecule has 86 valence electrons. The minimum atomic E-state index is -0.620. The van der Waals surface area contributed by atoms with E-state index in [0.717, 1.165) is 6.07 Å². The molecule has 1 aromatic carbocycles. The summed E-state index contributed by atoms with van der Waals surface area (Å²) in [7, 11) is 1.34. The highest BCUT2D eigenvalue weighted by Crippen LogP contribution is 2.17. The van der Waals surface area contributed by atoms with E-state index in [-0.39, 0.29) is 16.4 Å². The van der Waals surface area contributed by atoms with E-state index in [0.29, 0.717) is 0 Å². The van der Waals surface area contributed by atoms with Crippen LogP contribution in [0.2, 0.25) is 0 Å². The SMILES string of the molecule is COc1ccc(C(=O)NNC(N)=S)cc1F. The zero-order chi connectivity index (χ0) is 12.1. The second-order valence-corrected chi connectivity index (χ2v) is 3.23. The number of carbonyl (C=O) groups excluding carboxylic acids is 1. The fraction of sp³-hybridized carbons (Fsp3) is 0.111. The Bertz CT molecular complexity index is 425. The van der Waals surface area contributed by atoms with Crippen molar-refractivity contribution in [2.75, 3.05) is 7.11 Å². The first-order valence-corrected chi connectivity index (χ1v) is 4.64. The number of carbonyl (C=O) groups is 1. The molecule has 0 spiro atoms. The zero-order valence-corrected chi connectivity index (χ0v) is 9.23. The highest BCUT2D eigenvalue weighted by atomic mass is 32.1. The molecule has 7 heteroatoms. The number of ether oxygens (including phenoxy) is 1. The average Bonchev–Trinajstić information content (AvgIpc) is 2.25. The molecule has 0 aliphatic carbocycles. The van der Waals surface area contributed by atoms with Gasteiger partial charge in [0.25, 0.3) is 5.91 Å². The Kier molecular flexibility index (Phi) is 4.01. The minimum absolute atomic E-state index is 0.0684. The van der Waals surface area contributed by atoms with Crippen LogP contribution in [-0.4, -0.2) is 18.1 Å². The molecule has 0 aliphatic heterocycles. The summed E-state index contributed by atoms with van der Waals surface area (Å²) in [5, 5.41) is -0.0812. The lowest BCUT2D eigenvalue weighted by Gasteiger charge is -2.07. The van der Waals surface area contributed by atoms with Gasteiger partial charge in [-0.15, -0.1) is 0 Å². The van der Waals surface area contributed by atoms with Gasteiger partial charge in [-0.25, -0.2) is 4.39 Å². The standard InChI is InChI=1S/C9H10FN3O2S/c1-15-7-3-2-5(4-6(7)10)8(14)12-13-9(11)16/h2-4H,1H3,(H,12,14)(H3,11,13,16). The van der Waals surface area contributed by atoms with Crippen molar-refractivity contribution in [3.8, 4) is 5.75 Å². The Morgan fingerprint density at radius 1 is 1.50 bits per heavy atom. The number of benzene rings is 1. The molecule has 0 saturated carbocycles. The fourth-order valence-corrected chi connectivity index (χ4v) is 1.05. The van der Waals surface area contributed by atoms with Crippen molar-refractivity contribution in [2.24, 2.45) is 5.73 Å². The first-order valence-electron chi connectivity index (χ1n) is 4.24. The van der Waals surface area contributed by atoms with E-state index in [4.69, 9.17) is 10.5 Å². The molecule has 4 N–H and O–H groups in total. The molecule has 1 aromatic rings. The Hall–Kier alpha value is -1.89. The number of nitrogens with one attached hydrogen (secondary N) is 2. The fourth-order valence-electron chi connectivity index (χ4n) is 0.998. The maximum absolute atomic E-state index is 13.2. The second kappa shape index (κ2) is 5.26. The third kappa shape index (κ3) is 3.06. The van der Waals surface area contributed by atoms with E-state index in [1.54, 1.807) is 0 Å². The van der Waals surface area contributed by atoms with Crippen molar-refractivity contribution in [3.63, 3.8) is 0 Å². The number of halogens is 1. The summed E-state index contributed by atoms with van der Waals surface area (Å²) in [5.74, 6) is -1.10. The predicted molar refractivity (Wildman–Crippen MR) is 60.3 cm³/mol. The molecule has 0 radical (unpaired) electrons. The number of methoxy groups -OCH3 is 1. The summed E-state index contributed by atoms with van der Waals surface area (Å²) in [6.45, 7) is 0. The molecule has 0 saturated heterocycles. The van der Waals surface area contributed by atoms with Crippen LogP contribution in [0.15, 0.2) is 18.2 Å². The summed E-state index contributed by atoms with van der Waals surface area (Å²) in [5.41, 5.74) is 9.68. The highest BCUT2D eigenvalue weighted by molar-refractivity contribution is 7.80. The molecule has 1 amide bonds. The van der Waals surface area contributed by atoms with Gasteiger partial charge < -0.3 is 10.5 Å². The zero-order valence-electron chi connectivity index (χ0n) is 8.41. The third-order valence-corrected chi connectivity index (χ3v) is 1.82. The van der Waals surface area contributed by atoms with Gasteiger partial charge in [0, 0.05) is 5.56 Å². The monoisotopic (exact) mass is 243 g/mol. The van der Waals surface area contributed by atoms with Crippen LogP contribution in [0.5, 0.6) is 5.75 Å². The summed E-state index contributed by atoms with van der Waals surface area (Å²) in [6.07, 6.45) is 0. The number of hydrazine groups is 1. The van der Waals surface area contributed by atoms with Crippen LogP contribution in [-0.2, 0) is 0 Å². The predicted octanol–water partition coefficient (Wildman–Crippen LogP) is 0.312. The molecule has 0 unspecified atom stereocenters. The maximum atomic E-state index is 13.2. The molecular formula is C9H10FN3O2S. The van der Waals surface area contributed by atoms with Gasteiger partial charge in [0.1, 0.15) is 0 Å². The number of rotatable bonds is 2. The van der Waals surface area contributed by atoms with Crippen LogP contribution in [0, 0.1) is 5.82 Å². The van der Waals surface area contributed by atoms with Crippen LogP contribution in [0.3, 0.4) is 0 Å². The smallest absolute Gasteiger partial charge is 0.269 e. The quantitative estimate of drug-likeness (QED) is 0.515. The largest absolute Gasteiger partial charge is 0.494 e. The Morgan fingerprint density at radius 2 is 2.19 bits per heavy atom. The molecule has 0 fully saturated rings. The Morgan fingerprint density at radius 3 is 2.69 bits per heavy atom. The van der Waals surface area contributed by atoms with Gasteiger partial charge in [-0.2, -0.15) is 0 Å². The number of nitrogens with two attached hydrogens (primary N) is 1. The third-order valence-electron chi connectivity index (χ3n) is 1.71. The van der Waals surface area contributed by atoms with Crippen molar-refractivity contribution in [3.05, 3.63) is 29.6 Å². The van der Waals surface area contributed by atoms with E-state index in [9.17, 15) is 9.18 Å². The van der Waals surface area contributed by atoms with Gasteiger partial charge in [-0.1, -0.05) is 0 Å². The van der Waals surface area contributed by atoms with Crippen LogP contribution in [0.4, 0.5) is 4.39 Å². The van der Waals surface area contributed by atoms with E-state index >= 15 is 0 Å². The second-order valence-electron chi connectivity index (χ2n) is 2.79. The van der Waals surface area contributed by atoms with Gasteiger partial charge in [0.2, 0.25) is 0 Å². The van der Waals surface area contributed by atoms with Crippen LogP contribution < -0.4 is 21.3 Å². The van der Waals surface area contributed by atoms with Crippen molar-refractivity contribution in [1.29, 1.82) is 0 Å². The number of amides is 1. The van der Waals surface area contributed by atoms with Crippen LogP contribution in [0.25, 0.3) is 0 Å². The lowest BCUT2D eigenvalue weighted by Crippen LogP contribution is -2.44. The van der Waals surface area contributed by atoms with Gasteiger partial charge in [-0.3, -0.25) is 15.6 Å². The molecule has 5 nitrogen and oxygen atoms in total. The number of hydrogen-bond donors (Lipinski definition) is 3. The molecule has 1 rings (SSSR count). The normalized spacial score (nSPS) is 9.38. The van der Waals surface area contributed by atoms with Crippen LogP contribution >= 0.6 is 12.2 Å². The summed E-state index contributed by atoms with van der Waals surface area (Å²) < 4.78 is 17.9. The molecule has 0 aromatic heterocycles. The first kappa shape index (κ1) is 12.2. The van der Waals surface area contributed by atoms with E-state index in [1.165, 1.54) is 19.2 Å². The first-order chi connectivity index (χ1) is 7.54. The van der Waals surface area contributed by atoms with E-state index < -0.39 is 11.7 Å². The van der Waals surface area contributed by atoms with Gasteiger partial charge >= 0.3 is 0 Å². The van der Waals surface area contributed by atoms with Gasteiger partial charge in [0.05, 0.1) is 7.11 Å². The van der Waals surface area contributed by atoms with E-state index in [1.807, 2.05) is 0 Å². The summed E-state index contributed by atoms with van der Waals surface area (Å²) in [6, 6.07) is 3.82.